The number of hydrogen-bond acceptors (Lipinski definition) is 3. The van der Waals surface area contributed by atoms with E-state index in [9.17, 15) is 14.0 Å². The Morgan fingerprint density at radius 3 is 2.44 bits per heavy atom. The quantitative estimate of drug-likeness (QED) is 0.277. The van der Waals surface area contributed by atoms with Gasteiger partial charge >= 0.3 is 0 Å². The maximum absolute atomic E-state index is 14.1. The zero-order chi connectivity index (χ0) is 27.2. The van der Waals surface area contributed by atoms with E-state index in [2.05, 4.69) is 10.3 Å². The summed E-state index contributed by atoms with van der Waals surface area (Å²) in [6.07, 6.45) is 7.17. The number of nitrogens with one attached hydrogen (secondary N) is 2. The number of aromatic amines is 1. The number of amides is 2. The topological polar surface area (TPSA) is 74.4 Å². The number of halogens is 1. The van der Waals surface area contributed by atoms with Gasteiger partial charge in [-0.05, 0) is 59.9 Å². The van der Waals surface area contributed by atoms with E-state index in [1.165, 1.54) is 18.6 Å². The Morgan fingerprint density at radius 2 is 1.72 bits per heavy atom. The Labute approximate surface area is 228 Å². The highest BCUT2D eigenvalue weighted by molar-refractivity contribution is 5.92. The molecule has 0 unspecified atom stereocenters. The molecule has 1 saturated carbocycles. The molecule has 0 spiro atoms. The van der Waals surface area contributed by atoms with Gasteiger partial charge in [0.15, 0.2) is 0 Å². The van der Waals surface area contributed by atoms with Crippen molar-refractivity contribution in [3.63, 3.8) is 0 Å². The number of aromatic nitrogens is 1. The van der Waals surface area contributed by atoms with Crippen LogP contribution in [0.3, 0.4) is 0 Å². The summed E-state index contributed by atoms with van der Waals surface area (Å²) in [6, 6.07) is 20.4. The summed E-state index contributed by atoms with van der Waals surface area (Å²) in [5.74, 6) is -0.0808. The normalized spacial score (nSPS) is 14.6. The van der Waals surface area contributed by atoms with Crippen LogP contribution in [0, 0.1) is 5.82 Å². The molecule has 5 rings (SSSR count). The smallest absolute Gasteiger partial charge is 0.247 e. The lowest BCUT2D eigenvalue weighted by atomic mass is 9.94. The van der Waals surface area contributed by atoms with Crippen molar-refractivity contribution in [1.82, 2.24) is 15.2 Å². The van der Waals surface area contributed by atoms with Gasteiger partial charge in [0, 0.05) is 29.7 Å². The molecular formula is C32H34FN3O3. The second kappa shape index (κ2) is 12.2. The Bertz CT molecular complexity index is 1410. The summed E-state index contributed by atoms with van der Waals surface area (Å²) >= 11 is 0. The third-order valence-corrected chi connectivity index (χ3v) is 7.55. The number of H-pyrrole nitrogens is 1. The fourth-order valence-corrected chi connectivity index (χ4v) is 5.44. The number of nitrogens with zero attached hydrogens (tertiary/aromatic N) is 1. The summed E-state index contributed by atoms with van der Waals surface area (Å²) in [5.41, 5.74) is 3.25. The monoisotopic (exact) mass is 527 g/mol. The summed E-state index contributed by atoms with van der Waals surface area (Å²) < 4.78 is 19.0. The molecular weight excluding hydrogens is 493 g/mol. The van der Waals surface area contributed by atoms with Crippen LogP contribution in [0.4, 0.5) is 4.39 Å². The molecule has 1 fully saturated rings. The number of benzene rings is 3. The van der Waals surface area contributed by atoms with Crippen LogP contribution in [-0.4, -0.2) is 34.8 Å². The second-order valence-corrected chi connectivity index (χ2v) is 10.2. The average Bonchev–Trinajstić information content (AvgIpc) is 3.37. The third-order valence-electron chi connectivity index (χ3n) is 7.55. The SMILES string of the molecule is COc1ccc([C@@H](C(=O)NC2CCCCC2)N(Cc2ccc(F)cc2)C(=O)Cc2c[nH]c3ccccc23)cc1. The zero-order valence-electron chi connectivity index (χ0n) is 22.2. The lowest BCUT2D eigenvalue weighted by Crippen LogP contribution is -2.47. The summed E-state index contributed by atoms with van der Waals surface area (Å²) in [6.45, 7) is 0.163. The van der Waals surface area contributed by atoms with Crippen molar-refractivity contribution in [1.29, 1.82) is 0 Å². The largest absolute Gasteiger partial charge is 0.497 e. The first-order chi connectivity index (χ1) is 19.0. The Kier molecular flexibility index (Phi) is 8.25. The van der Waals surface area contributed by atoms with E-state index in [0.717, 1.165) is 47.7 Å². The Morgan fingerprint density at radius 1 is 1.00 bits per heavy atom. The van der Waals surface area contributed by atoms with Crippen molar-refractivity contribution < 1.29 is 18.7 Å². The minimum atomic E-state index is -0.861. The van der Waals surface area contributed by atoms with Gasteiger partial charge in [0.25, 0.3) is 0 Å². The van der Waals surface area contributed by atoms with E-state index >= 15 is 0 Å². The van der Waals surface area contributed by atoms with E-state index in [-0.39, 0.29) is 36.6 Å². The molecule has 39 heavy (non-hydrogen) atoms. The molecule has 1 aliphatic carbocycles. The van der Waals surface area contributed by atoms with Crippen LogP contribution in [0.5, 0.6) is 5.75 Å². The first-order valence-corrected chi connectivity index (χ1v) is 13.5. The van der Waals surface area contributed by atoms with Gasteiger partial charge in [0.2, 0.25) is 11.8 Å². The molecule has 1 heterocycles. The molecule has 0 aliphatic heterocycles. The van der Waals surface area contributed by atoms with Crippen LogP contribution >= 0.6 is 0 Å². The van der Waals surface area contributed by atoms with Crippen LogP contribution in [0.2, 0.25) is 0 Å². The molecule has 0 saturated heterocycles. The predicted octanol–water partition coefficient (Wildman–Crippen LogP) is 6.08. The molecule has 202 valence electrons. The van der Waals surface area contributed by atoms with E-state index in [1.54, 1.807) is 36.3 Å². The average molecular weight is 528 g/mol. The number of hydrogen-bond donors (Lipinski definition) is 2. The second-order valence-electron chi connectivity index (χ2n) is 10.2. The van der Waals surface area contributed by atoms with E-state index in [1.807, 2.05) is 42.6 Å². The van der Waals surface area contributed by atoms with E-state index < -0.39 is 6.04 Å². The van der Waals surface area contributed by atoms with Gasteiger partial charge < -0.3 is 19.9 Å². The summed E-state index contributed by atoms with van der Waals surface area (Å²) in [4.78, 5) is 32.9. The number of carbonyl (C=O) groups excluding carboxylic acids is 2. The minimum absolute atomic E-state index is 0.0865. The predicted molar refractivity (Wildman–Crippen MR) is 150 cm³/mol. The molecule has 7 heteroatoms. The Hall–Kier alpha value is -4.13. The van der Waals surface area contributed by atoms with Gasteiger partial charge in [0.05, 0.1) is 13.5 Å². The number of ether oxygens (including phenoxy) is 1. The summed E-state index contributed by atoms with van der Waals surface area (Å²) in [7, 11) is 1.59. The van der Waals surface area contributed by atoms with Crippen LogP contribution in [0.25, 0.3) is 10.9 Å². The van der Waals surface area contributed by atoms with Crippen molar-refractivity contribution in [2.45, 2.75) is 57.2 Å². The lowest BCUT2D eigenvalue weighted by Gasteiger charge is -2.33. The highest BCUT2D eigenvalue weighted by Crippen LogP contribution is 2.29. The van der Waals surface area contributed by atoms with Crippen LogP contribution < -0.4 is 10.1 Å². The van der Waals surface area contributed by atoms with Gasteiger partial charge in [-0.2, -0.15) is 0 Å². The Balaban J connectivity index is 1.52. The molecule has 4 aromatic rings. The van der Waals surface area contributed by atoms with E-state index in [4.69, 9.17) is 4.74 Å². The third kappa shape index (κ3) is 6.30. The van der Waals surface area contributed by atoms with Crippen molar-refractivity contribution in [2.75, 3.05) is 7.11 Å². The number of para-hydroxylation sites is 1. The highest BCUT2D eigenvalue weighted by Gasteiger charge is 2.33. The van der Waals surface area contributed by atoms with Crippen molar-refractivity contribution in [3.8, 4) is 5.75 Å². The standard InChI is InChI=1S/C32H34FN3O3/c1-39-27-17-13-23(14-18-27)31(32(38)35-26-7-3-2-4-8-26)36(21-22-11-15-25(33)16-12-22)30(37)19-24-20-34-29-10-6-5-9-28(24)29/h5-6,9-18,20,26,31,34H,2-4,7-8,19,21H2,1H3,(H,35,38)/t31-/m0/s1. The van der Waals surface area contributed by atoms with Gasteiger partial charge in [-0.25, -0.2) is 4.39 Å². The number of carbonyl (C=O) groups is 2. The highest BCUT2D eigenvalue weighted by atomic mass is 19.1. The van der Waals surface area contributed by atoms with Crippen molar-refractivity contribution in [3.05, 3.63) is 102 Å². The van der Waals surface area contributed by atoms with Gasteiger partial charge in [-0.15, -0.1) is 0 Å². The fourth-order valence-electron chi connectivity index (χ4n) is 5.44. The van der Waals surface area contributed by atoms with Crippen LogP contribution in [0.15, 0.2) is 79.0 Å². The van der Waals surface area contributed by atoms with Crippen molar-refractivity contribution >= 4 is 22.7 Å². The number of rotatable bonds is 9. The molecule has 1 aliphatic rings. The molecule has 1 atom stereocenters. The minimum Gasteiger partial charge on any atom is -0.497 e. The molecule has 1 aromatic heterocycles. The fraction of sp³-hybridized carbons (Fsp3) is 0.312. The zero-order valence-corrected chi connectivity index (χ0v) is 22.2. The van der Waals surface area contributed by atoms with Gasteiger partial charge in [0.1, 0.15) is 17.6 Å². The molecule has 2 amide bonds. The van der Waals surface area contributed by atoms with Crippen molar-refractivity contribution in [2.24, 2.45) is 0 Å². The first kappa shape index (κ1) is 26.5. The number of fused-ring (bicyclic) bond motifs is 1. The van der Waals surface area contributed by atoms with Gasteiger partial charge in [-0.3, -0.25) is 9.59 Å². The molecule has 6 nitrogen and oxygen atoms in total. The van der Waals surface area contributed by atoms with E-state index in [0.29, 0.717) is 11.3 Å². The lowest BCUT2D eigenvalue weighted by molar-refractivity contribution is -0.141. The maximum atomic E-state index is 14.1. The maximum Gasteiger partial charge on any atom is 0.247 e. The van der Waals surface area contributed by atoms with Crippen LogP contribution in [-0.2, 0) is 22.6 Å². The molecule has 0 bridgehead atoms. The molecule has 0 radical (unpaired) electrons. The molecule has 3 aromatic carbocycles. The molecule has 2 N–H and O–H groups in total. The van der Waals surface area contributed by atoms with Gasteiger partial charge in [-0.1, -0.05) is 61.7 Å². The number of methoxy groups -OCH3 is 1. The van der Waals surface area contributed by atoms with Crippen LogP contribution in [0.1, 0.15) is 54.8 Å². The first-order valence-electron chi connectivity index (χ1n) is 13.5. The summed E-state index contributed by atoms with van der Waals surface area (Å²) in [5, 5.41) is 4.21.